The van der Waals surface area contributed by atoms with Crippen LogP contribution in [-0.4, -0.2) is 10.5 Å². The van der Waals surface area contributed by atoms with E-state index in [0.29, 0.717) is 0 Å². The molecule has 0 saturated heterocycles. The third-order valence-electron chi connectivity index (χ3n) is 0.697. The Hall–Kier alpha value is 0.590. The van der Waals surface area contributed by atoms with Crippen molar-refractivity contribution in [3.05, 3.63) is 11.1 Å². The van der Waals surface area contributed by atoms with E-state index in [9.17, 15) is 13.2 Å². The van der Waals surface area contributed by atoms with Gasteiger partial charge in [0, 0.05) is 4.48 Å². The second-order valence-electron chi connectivity index (χ2n) is 1.48. The zero-order valence-corrected chi connectivity index (χ0v) is 7.57. The van der Waals surface area contributed by atoms with Gasteiger partial charge in [0.1, 0.15) is 0 Å². The van der Waals surface area contributed by atoms with E-state index in [-0.39, 0.29) is 0 Å². The molecule has 1 atom stereocenters. The molecule has 0 rings (SSSR count). The van der Waals surface area contributed by atoms with E-state index in [2.05, 4.69) is 45.7 Å². The van der Waals surface area contributed by atoms with Crippen LogP contribution in [0.3, 0.4) is 0 Å². The van der Waals surface area contributed by atoms with Gasteiger partial charge in [-0.1, -0.05) is 34.1 Å². The van der Waals surface area contributed by atoms with Crippen molar-refractivity contribution in [1.29, 1.82) is 0 Å². The Morgan fingerprint density at radius 3 is 1.60 bits per heavy atom. The fraction of sp³-hybridized carbons (Fsp3) is 0.500. The maximum atomic E-state index is 12.5. The Morgan fingerprint density at radius 2 is 1.60 bits per heavy atom. The molecule has 0 aromatic heterocycles. The summed E-state index contributed by atoms with van der Waals surface area (Å²) < 4.78 is 35.6. The predicted molar refractivity (Wildman–Crippen MR) is 38.6 cm³/mol. The molecule has 0 spiro atoms. The second-order valence-corrected chi connectivity index (χ2v) is 3.43. The lowest BCUT2D eigenvalue weighted by atomic mass is 10.4. The monoisotopic (exact) mass is 256 g/mol. The van der Waals surface area contributed by atoms with E-state index >= 15 is 0 Å². The van der Waals surface area contributed by atoms with Gasteiger partial charge in [-0.05, 0) is 11.6 Å². The molecule has 0 radical (unpaired) electrons. The average molecular weight is 258 g/mol. The first-order chi connectivity index (χ1) is 4.19. The topological polar surface area (TPSA) is 0 Å². The normalized spacial score (nSPS) is 18.2. The number of allylic oxidation sites excluding steroid dienone is 1. The van der Waals surface area contributed by atoms with Crippen LogP contribution in [0.2, 0.25) is 0 Å². The van der Waals surface area contributed by atoms with Gasteiger partial charge < -0.3 is 0 Å². The average Bonchev–Trinajstić information content (AvgIpc) is 1.62. The molecule has 10 heavy (non-hydrogen) atoms. The van der Waals surface area contributed by atoms with Gasteiger partial charge in [-0.15, -0.1) is 0 Å². The lowest BCUT2D eigenvalue weighted by Crippen LogP contribution is -2.33. The quantitative estimate of drug-likeness (QED) is 0.663. The maximum Gasteiger partial charge on any atom is 0.373 e. The SMILES string of the molecule is C=C(Br)C(F)(Cl)C(F)(F)Cl. The Morgan fingerprint density at radius 1 is 1.30 bits per heavy atom. The molecule has 0 nitrogen and oxygen atoms in total. The molecule has 0 N–H and O–H groups in total. The third kappa shape index (κ3) is 2.04. The molecule has 0 amide bonds. The van der Waals surface area contributed by atoms with Gasteiger partial charge in [-0.2, -0.15) is 8.78 Å². The molecule has 6 heteroatoms. The van der Waals surface area contributed by atoms with Gasteiger partial charge in [0.2, 0.25) is 0 Å². The Bertz CT molecular complexity index is 151. The van der Waals surface area contributed by atoms with Crippen molar-refractivity contribution in [2.24, 2.45) is 0 Å². The third-order valence-corrected chi connectivity index (χ3v) is 2.29. The molecule has 0 heterocycles. The van der Waals surface area contributed by atoms with Crippen molar-refractivity contribution in [2.45, 2.75) is 10.5 Å². The summed E-state index contributed by atoms with van der Waals surface area (Å²) in [5, 5.41) is -7.59. The molecule has 0 aromatic rings. The number of rotatable bonds is 2. The lowest BCUT2D eigenvalue weighted by Gasteiger charge is -2.20. The first-order valence-corrected chi connectivity index (χ1v) is 3.54. The molecule has 0 aromatic carbocycles. The van der Waals surface area contributed by atoms with E-state index in [4.69, 9.17) is 0 Å². The van der Waals surface area contributed by atoms with E-state index in [0.717, 1.165) is 0 Å². The van der Waals surface area contributed by atoms with Crippen LogP contribution in [0.5, 0.6) is 0 Å². The molecule has 0 aliphatic heterocycles. The van der Waals surface area contributed by atoms with Gasteiger partial charge in [0.05, 0.1) is 0 Å². The summed E-state index contributed by atoms with van der Waals surface area (Å²) in [6, 6.07) is 0. The lowest BCUT2D eigenvalue weighted by molar-refractivity contribution is 0.00498. The van der Waals surface area contributed by atoms with Crippen LogP contribution < -0.4 is 0 Å². The van der Waals surface area contributed by atoms with Crippen LogP contribution in [0.1, 0.15) is 0 Å². The van der Waals surface area contributed by atoms with Crippen molar-refractivity contribution in [2.75, 3.05) is 0 Å². The molecule has 0 aliphatic carbocycles. The number of hydrogen-bond donors (Lipinski definition) is 0. The summed E-state index contributed by atoms with van der Waals surface area (Å²) in [4.78, 5) is 0. The summed E-state index contributed by atoms with van der Waals surface area (Å²) in [6.45, 7) is 2.84. The highest BCUT2D eigenvalue weighted by molar-refractivity contribution is 9.11. The molecular weight excluding hydrogens is 256 g/mol. The van der Waals surface area contributed by atoms with E-state index in [1.54, 1.807) is 0 Å². The molecule has 0 aliphatic rings. The first kappa shape index (κ1) is 10.6. The van der Waals surface area contributed by atoms with Crippen molar-refractivity contribution in [1.82, 2.24) is 0 Å². The van der Waals surface area contributed by atoms with Crippen LogP contribution in [0.15, 0.2) is 11.1 Å². The highest BCUT2D eigenvalue weighted by Crippen LogP contribution is 2.46. The molecule has 1 unspecified atom stereocenters. The largest absolute Gasteiger partial charge is 0.373 e. The van der Waals surface area contributed by atoms with Crippen molar-refractivity contribution in [3.8, 4) is 0 Å². The molecule has 0 bridgehead atoms. The Kier molecular flexibility index (Phi) is 3.08. The van der Waals surface area contributed by atoms with Crippen molar-refractivity contribution >= 4 is 39.1 Å². The summed E-state index contributed by atoms with van der Waals surface area (Å²) in [5.41, 5.74) is 0. The van der Waals surface area contributed by atoms with Crippen molar-refractivity contribution < 1.29 is 13.2 Å². The predicted octanol–water partition coefficient (Wildman–Crippen LogP) is 3.63. The molecule has 60 valence electrons. The standard InChI is InChI=1S/C4H2BrCl2F3/c1-2(5)3(6,8)4(7,9)10/h1H2. The van der Waals surface area contributed by atoms with Crippen molar-refractivity contribution in [3.63, 3.8) is 0 Å². The van der Waals surface area contributed by atoms with Gasteiger partial charge in [0.25, 0.3) is 5.13 Å². The van der Waals surface area contributed by atoms with Crippen LogP contribution in [0, 0.1) is 0 Å². The van der Waals surface area contributed by atoms with E-state index in [1.165, 1.54) is 0 Å². The number of halogens is 6. The number of alkyl halides is 5. The highest BCUT2D eigenvalue weighted by atomic mass is 79.9. The summed E-state index contributed by atoms with van der Waals surface area (Å²) in [5.74, 6) is 0. The van der Waals surface area contributed by atoms with Crippen LogP contribution >= 0.6 is 39.1 Å². The van der Waals surface area contributed by atoms with Gasteiger partial charge in [-0.25, -0.2) is 4.39 Å². The van der Waals surface area contributed by atoms with E-state index in [1.807, 2.05) is 0 Å². The molecular formula is C4H2BrCl2F3. The summed E-state index contributed by atoms with van der Waals surface area (Å²) >= 11 is 11.3. The fourth-order valence-electron chi connectivity index (χ4n) is 0.154. The maximum absolute atomic E-state index is 12.5. The molecule has 0 saturated carbocycles. The zero-order valence-electron chi connectivity index (χ0n) is 4.47. The highest BCUT2D eigenvalue weighted by Gasteiger charge is 2.54. The van der Waals surface area contributed by atoms with E-state index < -0.39 is 15.0 Å². The second kappa shape index (κ2) is 2.91. The van der Waals surface area contributed by atoms with Crippen LogP contribution in [0.25, 0.3) is 0 Å². The van der Waals surface area contributed by atoms with Gasteiger partial charge >= 0.3 is 5.38 Å². The Labute approximate surface area is 74.1 Å². The van der Waals surface area contributed by atoms with Gasteiger partial charge in [0.15, 0.2) is 0 Å². The first-order valence-electron chi connectivity index (χ1n) is 1.99. The summed E-state index contributed by atoms with van der Waals surface area (Å²) in [6.07, 6.45) is 0. The minimum Gasteiger partial charge on any atom is -0.212 e. The smallest absolute Gasteiger partial charge is 0.212 e. The van der Waals surface area contributed by atoms with Crippen LogP contribution in [0.4, 0.5) is 13.2 Å². The number of hydrogen-bond acceptors (Lipinski definition) is 0. The zero-order chi connectivity index (χ0) is 8.58. The summed E-state index contributed by atoms with van der Waals surface area (Å²) in [7, 11) is 0. The fourth-order valence-corrected chi connectivity index (χ4v) is 0.631. The van der Waals surface area contributed by atoms with Gasteiger partial charge in [-0.3, -0.25) is 0 Å². The van der Waals surface area contributed by atoms with Crippen LogP contribution in [-0.2, 0) is 0 Å². The minimum atomic E-state index is -4.16. The molecule has 0 fully saturated rings. The minimum absolute atomic E-state index is 0.707. The Balaban J connectivity index is 4.57.